The van der Waals surface area contributed by atoms with Gasteiger partial charge in [-0.2, -0.15) is 5.26 Å². The van der Waals surface area contributed by atoms with Crippen LogP contribution >= 0.6 is 0 Å². The van der Waals surface area contributed by atoms with E-state index in [0.29, 0.717) is 47.1 Å². The van der Waals surface area contributed by atoms with E-state index in [2.05, 4.69) is 5.32 Å². The monoisotopic (exact) mass is 378 g/mol. The number of benzene rings is 2. The van der Waals surface area contributed by atoms with Crippen molar-refractivity contribution in [1.29, 1.82) is 5.26 Å². The lowest BCUT2D eigenvalue weighted by Gasteiger charge is -2.11. The van der Waals surface area contributed by atoms with E-state index in [1.165, 1.54) is 6.07 Å². The molecule has 0 spiro atoms. The lowest BCUT2D eigenvalue weighted by molar-refractivity contribution is -0.116. The highest BCUT2D eigenvalue weighted by Gasteiger charge is 2.12. The number of nitriles is 1. The molecule has 3 aromatic rings. The Balaban J connectivity index is 1.64. The number of halogens is 1. The maximum Gasteiger partial charge on any atom is 0.224 e. The number of furan rings is 1. The van der Waals surface area contributed by atoms with Gasteiger partial charge in [-0.05, 0) is 49.4 Å². The van der Waals surface area contributed by atoms with Crippen LogP contribution in [0.5, 0.6) is 5.75 Å². The number of carbonyl (C=O) groups is 1. The quantitative estimate of drug-likeness (QED) is 0.633. The van der Waals surface area contributed by atoms with Crippen LogP contribution in [0.25, 0.3) is 11.3 Å². The summed E-state index contributed by atoms with van der Waals surface area (Å²) in [5.41, 5.74) is 1.27. The number of nitrogens with one attached hydrogen (secondary N) is 1. The molecular formula is C22H19FN2O3. The van der Waals surface area contributed by atoms with Gasteiger partial charge in [-0.3, -0.25) is 4.79 Å². The maximum absolute atomic E-state index is 13.8. The summed E-state index contributed by atoms with van der Waals surface area (Å²) in [5.74, 6) is 0.926. The molecule has 6 heteroatoms. The third kappa shape index (κ3) is 4.57. The van der Waals surface area contributed by atoms with Crippen LogP contribution in [0.2, 0.25) is 0 Å². The van der Waals surface area contributed by atoms with Crippen molar-refractivity contribution in [2.24, 2.45) is 0 Å². The van der Waals surface area contributed by atoms with Gasteiger partial charge in [0.15, 0.2) is 0 Å². The molecule has 1 heterocycles. The Morgan fingerprint density at radius 2 is 2.04 bits per heavy atom. The third-order valence-electron chi connectivity index (χ3n) is 4.08. The Morgan fingerprint density at radius 3 is 2.79 bits per heavy atom. The summed E-state index contributed by atoms with van der Waals surface area (Å²) < 4.78 is 25.0. The first-order valence-electron chi connectivity index (χ1n) is 8.91. The number of nitrogens with zero attached hydrogens (tertiary/aromatic N) is 1. The summed E-state index contributed by atoms with van der Waals surface area (Å²) in [6, 6.07) is 16.7. The molecule has 1 amide bonds. The fourth-order valence-corrected chi connectivity index (χ4v) is 2.75. The highest BCUT2D eigenvalue weighted by atomic mass is 19.1. The second kappa shape index (κ2) is 8.87. The molecule has 0 saturated heterocycles. The fourth-order valence-electron chi connectivity index (χ4n) is 2.75. The lowest BCUT2D eigenvalue weighted by atomic mass is 10.1. The predicted octanol–water partition coefficient (Wildman–Crippen LogP) is 4.93. The Kier molecular flexibility index (Phi) is 6.07. The van der Waals surface area contributed by atoms with Crippen LogP contribution in [-0.4, -0.2) is 12.5 Å². The van der Waals surface area contributed by atoms with E-state index >= 15 is 0 Å². The van der Waals surface area contributed by atoms with Crippen molar-refractivity contribution in [1.82, 2.24) is 0 Å². The first kappa shape index (κ1) is 19.2. The van der Waals surface area contributed by atoms with Crippen LogP contribution < -0.4 is 10.1 Å². The van der Waals surface area contributed by atoms with E-state index < -0.39 is 0 Å². The Hall–Kier alpha value is -3.59. The van der Waals surface area contributed by atoms with E-state index in [-0.39, 0.29) is 18.1 Å². The number of rotatable bonds is 7. The minimum atomic E-state index is -0.359. The van der Waals surface area contributed by atoms with E-state index in [0.717, 1.165) is 0 Å². The van der Waals surface area contributed by atoms with Crippen LogP contribution in [0.4, 0.5) is 10.1 Å². The molecule has 0 atom stereocenters. The van der Waals surface area contributed by atoms with Crippen LogP contribution in [0.1, 0.15) is 24.7 Å². The summed E-state index contributed by atoms with van der Waals surface area (Å²) in [7, 11) is 0. The maximum atomic E-state index is 13.8. The fraction of sp³-hybridized carbons (Fsp3) is 0.182. The highest BCUT2D eigenvalue weighted by Crippen LogP contribution is 2.27. The Morgan fingerprint density at radius 1 is 1.21 bits per heavy atom. The second-order valence-corrected chi connectivity index (χ2v) is 6.05. The van der Waals surface area contributed by atoms with Crippen molar-refractivity contribution < 1.29 is 18.3 Å². The van der Waals surface area contributed by atoms with Gasteiger partial charge in [-0.1, -0.05) is 12.1 Å². The van der Waals surface area contributed by atoms with Gasteiger partial charge in [0.2, 0.25) is 5.91 Å². The van der Waals surface area contributed by atoms with Crippen molar-refractivity contribution in [3.8, 4) is 23.1 Å². The number of anilines is 1. The minimum Gasteiger partial charge on any atom is -0.492 e. The van der Waals surface area contributed by atoms with Gasteiger partial charge in [0.05, 0.1) is 29.5 Å². The number of carbonyl (C=O) groups excluding carboxylic acids is 1. The van der Waals surface area contributed by atoms with Crippen LogP contribution in [0.3, 0.4) is 0 Å². The first-order chi connectivity index (χ1) is 13.6. The van der Waals surface area contributed by atoms with Gasteiger partial charge in [-0.15, -0.1) is 0 Å². The predicted molar refractivity (Wildman–Crippen MR) is 103 cm³/mol. The van der Waals surface area contributed by atoms with Crippen molar-refractivity contribution in [2.45, 2.75) is 19.8 Å². The third-order valence-corrected chi connectivity index (χ3v) is 4.08. The second-order valence-electron chi connectivity index (χ2n) is 6.05. The molecule has 28 heavy (non-hydrogen) atoms. The van der Waals surface area contributed by atoms with Gasteiger partial charge < -0.3 is 14.5 Å². The molecule has 0 unspecified atom stereocenters. The molecule has 0 saturated carbocycles. The summed E-state index contributed by atoms with van der Waals surface area (Å²) in [6.07, 6.45) is 0.536. The summed E-state index contributed by atoms with van der Waals surface area (Å²) in [6.45, 7) is 2.29. The van der Waals surface area contributed by atoms with Crippen LogP contribution in [0, 0.1) is 17.1 Å². The SMILES string of the molecule is CCOc1ccc(C#N)cc1NC(=O)CCc1ccc(-c2ccccc2F)o1. The molecule has 1 N–H and O–H groups in total. The highest BCUT2D eigenvalue weighted by molar-refractivity contribution is 5.92. The zero-order valence-electron chi connectivity index (χ0n) is 15.4. The van der Waals surface area contributed by atoms with Crippen molar-refractivity contribution in [3.63, 3.8) is 0 Å². The van der Waals surface area contributed by atoms with Gasteiger partial charge in [0.25, 0.3) is 0 Å². The van der Waals surface area contributed by atoms with Gasteiger partial charge in [-0.25, -0.2) is 4.39 Å². The van der Waals surface area contributed by atoms with E-state index in [4.69, 9.17) is 14.4 Å². The first-order valence-corrected chi connectivity index (χ1v) is 8.91. The number of amides is 1. The normalized spacial score (nSPS) is 10.3. The molecule has 0 radical (unpaired) electrons. The summed E-state index contributed by atoms with van der Waals surface area (Å²) in [5, 5.41) is 11.8. The average molecular weight is 378 g/mol. The average Bonchev–Trinajstić information content (AvgIpc) is 3.17. The molecule has 5 nitrogen and oxygen atoms in total. The number of hydrogen-bond donors (Lipinski definition) is 1. The van der Waals surface area contributed by atoms with Crippen molar-refractivity contribution >= 4 is 11.6 Å². The van der Waals surface area contributed by atoms with E-state index in [1.807, 2.05) is 13.0 Å². The number of hydrogen-bond acceptors (Lipinski definition) is 4. The van der Waals surface area contributed by atoms with Gasteiger partial charge in [0.1, 0.15) is 23.1 Å². The topological polar surface area (TPSA) is 75.3 Å². The molecule has 0 aliphatic rings. The summed E-state index contributed by atoms with van der Waals surface area (Å²) in [4.78, 5) is 12.3. The van der Waals surface area contributed by atoms with Gasteiger partial charge in [0, 0.05) is 12.8 Å². The summed E-state index contributed by atoms with van der Waals surface area (Å²) >= 11 is 0. The van der Waals surface area contributed by atoms with Gasteiger partial charge >= 0.3 is 0 Å². The lowest BCUT2D eigenvalue weighted by Crippen LogP contribution is -2.13. The molecule has 1 aromatic heterocycles. The molecule has 3 rings (SSSR count). The standard InChI is InChI=1S/C22H19FN2O3/c1-2-27-21-10-7-15(14-24)13-19(21)25-22(26)12-9-16-8-11-20(28-16)17-5-3-4-6-18(17)23/h3-8,10-11,13H,2,9,12H2,1H3,(H,25,26). The molecule has 0 aliphatic carbocycles. The smallest absolute Gasteiger partial charge is 0.224 e. The number of ether oxygens (including phenoxy) is 1. The molecule has 0 aliphatic heterocycles. The zero-order valence-corrected chi connectivity index (χ0v) is 15.4. The van der Waals surface area contributed by atoms with Crippen LogP contribution in [0.15, 0.2) is 59.0 Å². The van der Waals surface area contributed by atoms with Crippen molar-refractivity contribution in [2.75, 3.05) is 11.9 Å². The van der Waals surface area contributed by atoms with Crippen molar-refractivity contribution in [3.05, 3.63) is 71.7 Å². The van der Waals surface area contributed by atoms with E-state index in [9.17, 15) is 9.18 Å². The molecule has 2 aromatic carbocycles. The Labute approximate surface area is 162 Å². The largest absolute Gasteiger partial charge is 0.492 e. The number of aryl methyl sites for hydroxylation is 1. The molecule has 142 valence electrons. The Bertz CT molecular complexity index is 1020. The molecule has 0 fully saturated rings. The van der Waals surface area contributed by atoms with E-state index in [1.54, 1.807) is 48.5 Å². The van der Waals surface area contributed by atoms with Crippen LogP contribution in [-0.2, 0) is 11.2 Å². The zero-order chi connectivity index (χ0) is 19.9. The minimum absolute atomic E-state index is 0.173. The molecule has 0 bridgehead atoms. The molecular weight excluding hydrogens is 359 g/mol.